The monoisotopic (exact) mass is 337 g/mol. The smallest absolute Gasteiger partial charge is 0.220 e. The second-order valence-corrected chi connectivity index (χ2v) is 7.75. The fraction of sp³-hybridized carbons (Fsp3) is 0.895. The minimum absolute atomic E-state index is 0.0153. The van der Waals surface area contributed by atoms with Gasteiger partial charge in [-0.25, -0.2) is 0 Å². The van der Waals surface area contributed by atoms with Crippen molar-refractivity contribution < 1.29 is 9.59 Å². The summed E-state index contributed by atoms with van der Waals surface area (Å²) >= 11 is 0. The fourth-order valence-corrected chi connectivity index (χ4v) is 4.13. The predicted octanol–water partition coefficient (Wildman–Crippen LogP) is 2.59. The van der Waals surface area contributed by atoms with Crippen molar-refractivity contribution in [1.29, 1.82) is 0 Å². The van der Waals surface area contributed by atoms with E-state index >= 15 is 0 Å². The van der Waals surface area contributed by atoms with Gasteiger partial charge >= 0.3 is 0 Å². The van der Waals surface area contributed by atoms with Crippen LogP contribution in [0, 0.1) is 0 Å². The van der Waals surface area contributed by atoms with E-state index in [1.54, 1.807) is 0 Å². The number of rotatable bonds is 6. The highest BCUT2D eigenvalue weighted by Crippen LogP contribution is 2.22. The molecule has 5 nitrogen and oxygen atoms in total. The molecule has 24 heavy (non-hydrogen) atoms. The molecule has 0 bridgehead atoms. The Hall–Kier alpha value is -1.10. The summed E-state index contributed by atoms with van der Waals surface area (Å²) in [5.41, 5.74) is 0. The average molecular weight is 338 g/mol. The van der Waals surface area contributed by atoms with Gasteiger partial charge in [0.15, 0.2) is 0 Å². The SMILES string of the molecule is CN(C)[C@@H]1CCC[C@H]1NC(=O)CCC(=O)NC1CCCCCCC1. The molecule has 2 aliphatic carbocycles. The predicted molar refractivity (Wildman–Crippen MR) is 96.7 cm³/mol. The zero-order valence-electron chi connectivity index (χ0n) is 15.5. The van der Waals surface area contributed by atoms with Crippen LogP contribution in [0.15, 0.2) is 0 Å². The fourth-order valence-electron chi connectivity index (χ4n) is 4.13. The van der Waals surface area contributed by atoms with Gasteiger partial charge in [0.2, 0.25) is 11.8 Å². The number of likely N-dealkylation sites (N-methyl/N-ethyl adjacent to an activating group) is 1. The first-order chi connectivity index (χ1) is 11.6. The number of hydrogen-bond acceptors (Lipinski definition) is 3. The molecule has 0 heterocycles. The molecule has 2 aliphatic rings. The summed E-state index contributed by atoms with van der Waals surface area (Å²) in [5, 5.41) is 6.26. The van der Waals surface area contributed by atoms with Gasteiger partial charge in [-0.2, -0.15) is 0 Å². The van der Waals surface area contributed by atoms with Gasteiger partial charge in [0.1, 0.15) is 0 Å². The molecule has 5 heteroatoms. The molecule has 2 fully saturated rings. The first kappa shape index (κ1) is 19.2. The molecule has 0 unspecified atom stereocenters. The quantitative estimate of drug-likeness (QED) is 0.783. The minimum atomic E-state index is 0.0153. The standard InChI is InChI=1S/C19H35N3O2/c1-22(2)17-12-8-11-16(17)21-19(24)14-13-18(23)20-15-9-6-4-3-5-7-10-15/h15-17H,3-14H2,1-2H3,(H,20,23)(H,21,24)/t16-,17-/m1/s1. The second-order valence-electron chi connectivity index (χ2n) is 7.75. The van der Waals surface area contributed by atoms with Gasteiger partial charge in [-0.3, -0.25) is 9.59 Å². The lowest BCUT2D eigenvalue weighted by molar-refractivity contribution is -0.127. The molecule has 0 spiro atoms. The highest BCUT2D eigenvalue weighted by atomic mass is 16.2. The molecule has 0 aromatic heterocycles. The molecule has 0 saturated heterocycles. The molecule has 0 aromatic carbocycles. The molecule has 0 aromatic rings. The van der Waals surface area contributed by atoms with Crippen molar-refractivity contribution in [2.75, 3.05) is 14.1 Å². The maximum Gasteiger partial charge on any atom is 0.220 e. The maximum absolute atomic E-state index is 12.2. The van der Waals surface area contributed by atoms with Crippen molar-refractivity contribution in [3.8, 4) is 0 Å². The molecule has 2 rings (SSSR count). The van der Waals surface area contributed by atoms with Crippen LogP contribution in [-0.4, -0.2) is 48.9 Å². The molecule has 0 radical (unpaired) electrons. The molecule has 2 N–H and O–H groups in total. The summed E-state index contributed by atoms with van der Waals surface area (Å²) in [4.78, 5) is 26.5. The Balaban J connectivity index is 1.66. The van der Waals surface area contributed by atoms with Crippen molar-refractivity contribution in [1.82, 2.24) is 15.5 Å². The van der Waals surface area contributed by atoms with E-state index in [9.17, 15) is 9.59 Å². The zero-order chi connectivity index (χ0) is 17.4. The van der Waals surface area contributed by atoms with E-state index in [-0.39, 0.29) is 17.9 Å². The first-order valence-corrected chi connectivity index (χ1v) is 9.81. The van der Waals surface area contributed by atoms with Gasteiger partial charge < -0.3 is 15.5 Å². The summed E-state index contributed by atoms with van der Waals surface area (Å²) in [6, 6.07) is 0.979. The van der Waals surface area contributed by atoms with Crippen molar-refractivity contribution >= 4 is 11.8 Å². The largest absolute Gasteiger partial charge is 0.353 e. The summed E-state index contributed by atoms with van der Waals surface area (Å²) < 4.78 is 0. The third-order valence-corrected chi connectivity index (χ3v) is 5.54. The van der Waals surface area contributed by atoms with Crippen molar-refractivity contribution in [3.63, 3.8) is 0 Å². The van der Waals surface area contributed by atoms with Crippen LogP contribution >= 0.6 is 0 Å². The van der Waals surface area contributed by atoms with Crippen molar-refractivity contribution in [2.45, 2.75) is 95.2 Å². The Morgan fingerprint density at radius 2 is 1.38 bits per heavy atom. The second kappa shape index (κ2) is 10.0. The molecule has 138 valence electrons. The van der Waals surface area contributed by atoms with Crippen LogP contribution in [-0.2, 0) is 9.59 Å². The Kier molecular flexibility index (Phi) is 8.03. The van der Waals surface area contributed by atoms with Gasteiger partial charge in [-0.05, 0) is 46.2 Å². The summed E-state index contributed by atoms with van der Waals surface area (Å²) in [7, 11) is 4.13. The van der Waals surface area contributed by atoms with E-state index in [1.165, 1.54) is 32.1 Å². The summed E-state index contributed by atoms with van der Waals surface area (Å²) in [5.74, 6) is 0.0490. The third-order valence-electron chi connectivity index (χ3n) is 5.54. The van der Waals surface area contributed by atoms with Crippen LogP contribution in [0.2, 0.25) is 0 Å². The van der Waals surface area contributed by atoms with E-state index in [0.717, 1.165) is 32.1 Å². The Morgan fingerprint density at radius 3 is 2.00 bits per heavy atom. The lowest BCUT2D eigenvalue weighted by Crippen LogP contribution is -2.46. The number of nitrogens with one attached hydrogen (secondary N) is 2. The van der Waals surface area contributed by atoms with E-state index in [0.29, 0.717) is 24.9 Å². The summed E-state index contributed by atoms with van der Waals surface area (Å²) in [6.45, 7) is 0. The van der Waals surface area contributed by atoms with Gasteiger partial charge in [-0.15, -0.1) is 0 Å². The van der Waals surface area contributed by atoms with Crippen LogP contribution in [0.5, 0.6) is 0 Å². The Morgan fingerprint density at radius 1 is 0.792 bits per heavy atom. The first-order valence-electron chi connectivity index (χ1n) is 9.81. The van der Waals surface area contributed by atoms with E-state index < -0.39 is 0 Å². The van der Waals surface area contributed by atoms with Gasteiger partial charge in [0, 0.05) is 31.0 Å². The lowest BCUT2D eigenvalue weighted by atomic mass is 9.96. The normalized spacial score (nSPS) is 26.0. The average Bonchev–Trinajstić information content (AvgIpc) is 2.96. The Labute approximate surface area is 146 Å². The number of hydrogen-bond donors (Lipinski definition) is 2. The number of nitrogens with zero attached hydrogens (tertiary/aromatic N) is 1. The molecular formula is C19H35N3O2. The van der Waals surface area contributed by atoms with Crippen molar-refractivity contribution in [3.05, 3.63) is 0 Å². The van der Waals surface area contributed by atoms with Crippen LogP contribution < -0.4 is 10.6 Å². The van der Waals surface area contributed by atoms with E-state index in [2.05, 4.69) is 29.6 Å². The van der Waals surface area contributed by atoms with E-state index in [1.807, 2.05) is 0 Å². The number of carbonyl (C=O) groups is 2. The van der Waals surface area contributed by atoms with Gasteiger partial charge in [0.05, 0.1) is 0 Å². The van der Waals surface area contributed by atoms with Crippen LogP contribution in [0.25, 0.3) is 0 Å². The van der Waals surface area contributed by atoms with E-state index in [4.69, 9.17) is 0 Å². The molecule has 0 aliphatic heterocycles. The molecule has 2 saturated carbocycles. The van der Waals surface area contributed by atoms with Gasteiger partial charge in [0.25, 0.3) is 0 Å². The summed E-state index contributed by atoms with van der Waals surface area (Å²) in [6.07, 6.45) is 12.4. The minimum Gasteiger partial charge on any atom is -0.353 e. The van der Waals surface area contributed by atoms with Crippen molar-refractivity contribution in [2.24, 2.45) is 0 Å². The third kappa shape index (κ3) is 6.42. The molecular weight excluding hydrogens is 302 g/mol. The zero-order valence-corrected chi connectivity index (χ0v) is 15.5. The molecule has 2 amide bonds. The molecule has 2 atom stereocenters. The highest BCUT2D eigenvalue weighted by molar-refractivity contribution is 5.84. The lowest BCUT2D eigenvalue weighted by Gasteiger charge is -2.27. The van der Waals surface area contributed by atoms with Gasteiger partial charge in [-0.1, -0.05) is 32.1 Å². The highest BCUT2D eigenvalue weighted by Gasteiger charge is 2.29. The van der Waals surface area contributed by atoms with Crippen LogP contribution in [0.1, 0.15) is 77.0 Å². The van der Waals surface area contributed by atoms with Crippen LogP contribution in [0.3, 0.4) is 0 Å². The topological polar surface area (TPSA) is 61.4 Å². The van der Waals surface area contributed by atoms with Crippen LogP contribution in [0.4, 0.5) is 0 Å². The Bertz CT molecular complexity index is 403. The number of amides is 2. The maximum atomic E-state index is 12.2. The number of carbonyl (C=O) groups excluding carboxylic acids is 2.